The Hall–Kier alpha value is -2.11. The number of hydrogen-bond donors (Lipinski definition) is 0. The molecular weight excluding hydrogens is 793 g/mol. The van der Waals surface area contributed by atoms with Crippen LogP contribution in [0.15, 0.2) is 24.3 Å². The molecule has 0 saturated heterocycles. The fourth-order valence-corrected chi connectivity index (χ4v) is 8.42. The van der Waals surface area contributed by atoms with E-state index in [0.29, 0.717) is 19.3 Å². The van der Waals surface area contributed by atoms with E-state index in [1.54, 1.807) is 0 Å². The van der Waals surface area contributed by atoms with Crippen LogP contribution >= 0.6 is 0 Å². The molecule has 0 spiro atoms. The Kier molecular flexibility index (Phi) is 51.7. The SMILES string of the molecule is CCCCCCC/C=C\C/C=C\CCCCCCCCCCCCCCCCCC(=O)OCC(COC(=O)CCCCCCCC)OC(=O)CCCCCCCCCCCCCCC. The van der Waals surface area contributed by atoms with E-state index in [1.807, 2.05) is 0 Å². The predicted molar refractivity (Wildman–Crippen MR) is 275 cm³/mol. The molecule has 6 heteroatoms. The van der Waals surface area contributed by atoms with Gasteiger partial charge in [0.05, 0.1) is 0 Å². The molecule has 0 amide bonds. The molecule has 6 nitrogen and oxygen atoms in total. The normalized spacial score (nSPS) is 12.1. The van der Waals surface area contributed by atoms with Crippen LogP contribution in [-0.2, 0) is 28.6 Å². The lowest BCUT2D eigenvalue weighted by Crippen LogP contribution is -2.30. The van der Waals surface area contributed by atoms with Crippen LogP contribution in [0.1, 0.15) is 310 Å². The van der Waals surface area contributed by atoms with E-state index in [2.05, 4.69) is 45.1 Å². The molecule has 0 aliphatic heterocycles. The Balaban J connectivity index is 4.01. The molecule has 0 radical (unpaired) electrons. The fourth-order valence-electron chi connectivity index (χ4n) is 8.42. The van der Waals surface area contributed by atoms with Gasteiger partial charge in [-0.1, -0.05) is 263 Å². The van der Waals surface area contributed by atoms with Gasteiger partial charge in [-0.05, 0) is 51.4 Å². The molecule has 0 bridgehead atoms. The van der Waals surface area contributed by atoms with Crippen molar-refractivity contribution < 1.29 is 28.6 Å². The summed E-state index contributed by atoms with van der Waals surface area (Å²) in [6.07, 6.45) is 62.1. The first-order chi connectivity index (χ1) is 31.5. The number of hydrogen-bond acceptors (Lipinski definition) is 6. The summed E-state index contributed by atoms with van der Waals surface area (Å²) in [6.45, 7) is 6.60. The summed E-state index contributed by atoms with van der Waals surface area (Å²) in [4.78, 5) is 37.8. The average molecular weight is 901 g/mol. The largest absolute Gasteiger partial charge is 0.462 e. The molecule has 1 unspecified atom stereocenters. The summed E-state index contributed by atoms with van der Waals surface area (Å²) in [5.74, 6) is -0.860. The van der Waals surface area contributed by atoms with E-state index in [0.717, 1.165) is 64.2 Å². The summed E-state index contributed by atoms with van der Waals surface area (Å²) in [5.41, 5.74) is 0. The molecule has 0 rings (SSSR count). The lowest BCUT2D eigenvalue weighted by atomic mass is 10.0. The van der Waals surface area contributed by atoms with Gasteiger partial charge in [-0.15, -0.1) is 0 Å². The molecule has 0 saturated carbocycles. The zero-order valence-corrected chi connectivity index (χ0v) is 43.1. The zero-order chi connectivity index (χ0) is 46.5. The van der Waals surface area contributed by atoms with Gasteiger partial charge in [-0.25, -0.2) is 0 Å². The van der Waals surface area contributed by atoms with Gasteiger partial charge < -0.3 is 14.2 Å². The molecule has 376 valence electrons. The standard InChI is InChI=1S/C58H108O6/c1-4-7-10-13-16-18-20-22-23-24-25-26-27-28-29-30-31-32-33-34-35-37-38-40-42-45-48-51-57(60)63-54-55(53-62-56(59)50-47-44-15-12-9-6-3)64-58(61)52-49-46-43-41-39-36-21-19-17-14-11-8-5-2/h20,22,24-25,55H,4-19,21,23,26-54H2,1-3H3/b22-20-,25-24-. The second-order valence-corrected chi connectivity index (χ2v) is 19.2. The van der Waals surface area contributed by atoms with Gasteiger partial charge in [0, 0.05) is 19.3 Å². The molecule has 0 N–H and O–H groups in total. The summed E-state index contributed by atoms with van der Waals surface area (Å²) in [6, 6.07) is 0. The van der Waals surface area contributed by atoms with E-state index in [4.69, 9.17) is 14.2 Å². The first-order valence-electron chi connectivity index (χ1n) is 28.3. The highest BCUT2D eigenvalue weighted by molar-refractivity contribution is 5.71. The molecule has 1 atom stereocenters. The molecule has 0 aliphatic carbocycles. The molecule has 0 aromatic carbocycles. The van der Waals surface area contributed by atoms with Crippen molar-refractivity contribution in [3.05, 3.63) is 24.3 Å². The second-order valence-electron chi connectivity index (χ2n) is 19.2. The maximum atomic E-state index is 12.7. The third kappa shape index (κ3) is 50.9. The van der Waals surface area contributed by atoms with Crippen LogP contribution in [0.3, 0.4) is 0 Å². The van der Waals surface area contributed by atoms with Gasteiger partial charge >= 0.3 is 17.9 Å². The number of rotatable bonds is 52. The molecule has 64 heavy (non-hydrogen) atoms. The van der Waals surface area contributed by atoms with Crippen molar-refractivity contribution in [2.45, 2.75) is 316 Å². The van der Waals surface area contributed by atoms with Gasteiger partial charge in [-0.3, -0.25) is 14.4 Å². The van der Waals surface area contributed by atoms with Crippen molar-refractivity contribution in [1.29, 1.82) is 0 Å². The van der Waals surface area contributed by atoms with E-state index < -0.39 is 6.10 Å². The predicted octanol–water partition coefficient (Wildman–Crippen LogP) is 18.7. The fraction of sp³-hybridized carbons (Fsp3) is 0.879. The van der Waals surface area contributed by atoms with Crippen LogP contribution in [0.4, 0.5) is 0 Å². The third-order valence-corrected chi connectivity index (χ3v) is 12.7. The minimum atomic E-state index is -0.762. The van der Waals surface area contributed by atoms with E-state index in [-0.39, 0.29) is 31.1 Å². The third-order valence-electron chi connectivity index (χ3n) is 12.7. The average Bonchev–Trinajstić information content (AvgIpc) is 3.29. The van der Waals surface area contributed by atoms with Crippen molar-refractivity contribution in [2.75, 3.05) is 13.2 Å². The number of carbonyl (C=O) groups is 3. The first kappa shape index (κ1) is 61.9. The topological polar surface area (TPSA) is 78.9 Å². The summed E-state index contributed by atoms with van der Waals surface area (Å²) in [7, 11) is 0. The quantitative estimate of drug-likeness (QED) is 0.0262. The van der Waals surface area contributed by atoms with Crippen molar-refractivity contribution in [3.8, 4) is 0 Å². The molecular formula is C58H108O6. The minimum Gasteiger partial charge on any atom is -0.462 e. The van der Waals surface area contributed by atoms with Crippen LogP contribution in [0.25, 0.3) is 0 Å². The lowest BCUT2D eigenvalue weighted by molar-refractivity contribution is -0.167. The first-order valence-corrected chi connectivity index (χ1v) is 28.3. The van der Waals surface area contributed by atoms with Crippen molar-refractivity contribution >= 4 is 17.9 Å². The zero-order valence-electron chi connectivity index (χ0n) is 43.1. The Morgan fingerprint density at radius 2 is 0.562 bits per heavy atom. The van der Waals surface area contributed by atoms with Crippen LogP contribution in [0.5, 0.6) is 0 Å². The lowest BCUT2D eigenvalue weighted by Gasteiger charge is -2.18. The summed E-state index contributed by atoms with van der Waals surface area (Å²) in [5, 5.41) is 0. The Morgan fingerprint density at radius 1 is 0.312 bits per heavy atom. The maximum absolute atomic E-state index is 12.7. The van der Waals surface area contributed by atoms with Gasteiger partial charge in [0.1, 0.15) is 13.2 Å². The van der Waals surface area contributed by atoms with E-state index in [1.165, 1.54) is 205 Å². The number of unbranched alkanes of at least 4 members (excludes halogenated alkanes) is 37. The van der Waals surface area contributed by atoms with Crippen molar-refractivity contribution in [3.63, 3.8) is 0 Å². The molecule has 0 aromatic heterocycles. The highest BCUT2D eigenvalue weighted by atomic mass is 16.6. The van der Waals surface area contributed by atoms with E-state index in [9.17, 15) is 14.4 Å². The van der Waals surface area contributed by atoms with Crippen LogP contribution < -0.4 is 0 Å². The Bertz CT molecular complexity index is 1040. The Labute approximate surface area is 398 Å². The highest BCUT2D eigenvalue weighted by Gasteiger charge is 2.19. The number of esters is 3. The maximum Gasteiger partial charge on any atom is 0.306 e. The molecule has 0 aromatic rings. The Morgan fingerprint density at radius 3 is 0.859 bits per heavy atom. The second kappa shape index (κ2) is 53.5. The molecule has 0 fully saturated rings. The monoisotopic (exact) mass is 901 g/mol. The summed E-state index contributed by atoms with van der Waals surface area (Å²) < 4.78 is 16.7. The van der Waals surface area contributed by atoms with Gasteiger partial charge in [-0.2, -0.15) is 0 Å². The van der Waals surface area contributed by atoms with Crippen LogP contribution in [-0.4, -0.2) is 37.2 Å². The molecule has 0 aliphatic rings. The van der Waals surface area contributed by atoms with Crippen LogP contribution in [0, 0.1) is 0 Å². The van der Waals surface area contributed by atoms with Crippen LogP contribution in [0.2, 0.25) is 0 Å². The number of allylic oxidation sites excluding steroid dienone is 4. The van der Waals surface area contributed by atoms with Crippen molar-refractivity contribution in [1.82, 2.24) is 0 Å². The minimum absolute atomic E-state index is 0.0664. The van der Waals surface area contributed by atoms with Crippen molar-refractivity contribution in [2.24, 2.45) is 0 Å². The summed E-state index contributed by atoms with van der Waals surface area (Å²) >= 11 is 0. The van der Waals surface area contributed by atoms with Gasteiger partial charge in [0.15, 0.2) is 6.10 Å². The smallest absolute Gasteiger partial charge is 0.306 e. The van der Waals surface area contributed by atoms with E-state index >= 15 is 0 Å². The van der Waals surface area contributed by atoms with Gasteiger partial charge in [0.25, 0.3) is 0 Å². The highest BCUT2D eigenvalue weighted by Crippen LogP contribution is 2.17. The van der Waals surface area contributed by atoms with Gasteiger partial charge in [0.2, 0.25) is 0 Å². The molecule has 0 heterocycles. The number of carbonyl (C=O) groups excluding carboxylic acids is 3. The number of ether oxygens (including phenoxy) is 3.